The normalized spacial score (nSPS) is 13.4. The monoisotopic (exact) mass is 183 g/mol. The second kappa shape index (κ2) is 3.90. The van der Waals surface area contributed by atoms with E-state index in [1.165, 1.54) is 0 Å². The number of hydrogen-bond acceptors (Lipinski definition) is 1. The molecule has 0 aliphatic carbocycles. The Bertz CT molecular complexity index is 241. The summed E-state index contributed by atoms with van der Waals surface area (Å²) in [6.45, 7) is 6.57. The minimum Gasteiger partial charge on any atom is -0.259 e. The average molecular weight is 184 g/mol. The average Bonchev–Trinajstić information content (AvgIpc) is 2.04. The van der Waals surface area contributed by atoms with Gasteiger partial charge in [0.15, 0.2) is 0 Å². The van der Waals surface area contributed by atoms with Crippen molar-refractivity contribution in [3.8, 4) is 0 Å². The molecule has 1 nitrogen and oxygen atoms in total. The van der Waals surface area contributed by atoms with Crippen molar-refractivity contribution in [2.75, 3.05) is 0 Å². The fourth-order valence-electron chi connectivity index (χ4n) is 0.998. The van der Waals surface area contributed by atoms with E-state index in [1.54, 1.807) is 6.20 Å². The first-order valence-electron chi connectivity index (χ1n) is 4.22. The molecule has 0 aliphatic heterocycles. The van der Waals surface area contributed by atoms with E-state index >= 15 is 0 Å². The zero-order valence-electron chi connectivity index (χ0n) is 7.71. The highest BCUT2D eigenvalue weighted by Crippen LogP contribution is 2.22. The fourth-order valence-corrected chi connectivity index (χ4v) is 1.11. The molecule has 12 heavy (non-hydrogen) atoms. The molecule has 1 rings (SSSR count). The minimum absolute atomic E-state index is 0.502. The van der Waals surface area contributed by atoms with E-state index in [4.69, 9.17) is 11.6 Å². The summed E-state index contributed by atoms with van der Waals surface area (Å²) in [7, 11) is 0. The molecule has 0 radical (unpaired) electrons. The van der Waals surface area contributed by atoms with Crippen LogP contribution >= 0.6 is 11.6 Å². The Morgan fingerprint density at radius 2 is 1.92 bits per heavy atom. The van der Waals surface area contributed by atoms with Crippen LogP contribution < -0.4 is 0 Å². The van der Waals surface area contributed by atoms with Gasteiger partial charge in [-0.2, -0.15) is 0 Å². The molecule has 0 saturated carbocycles. The molecule has 0 spiro atoms. The second-order valence-electron chi connectivity index (χ2n) is 3.43. The van der Waals surface area contributed by atoms with Gasteiger partial charge in [0.2, 0.25) is 0 Å². The van der Waals surface area contributed by atoms with Crippen LogP contribution in [-0.4, -0.2) is 4.98 Å². The Morgan fingerprint density at radius 1 is 1.25 bits per heavy atom. The molecule has 1 atom stereocenters. The summed E-state index contributed by atoms with van der Waals surface area (Å²) in [4.78, 5) is 4.27. The van der Waals surface area contributed by atoms with Crippen LogP contribution in [0.5, 0.6) is 0 Å². The van der Waals surface area contributed by atoms with Gasteiger partial charge in [-0.05, 0) is 18.1 Å². The molecule has 0 aromatic carbocycles. The highest BCUT2D eigenvalue weighted by atomic mass is 35.5. The predicted octanol–water partition coefficient (Wildman–Crippen LogP) is 3.49. The first-order chi connectivity index (χ1) is 5.61. The highest BCUT2D eigenvalue weighted by molar-refractivity contribution is 6.30. The smallest absolute Gasteiger partial charge is 0.0589 e. The van der Waals surface area contributed by atoms with Crippen LogP contribution in [0.3, 0.4) is 0 Å². The number of rotatable bonds is 2. The van der Waals surface area contributed by atoms with E-state index < -0.39 is 0 Å². The van der Waals surface area contributed by atoms with Crippen molar-refractivity contribution in [2.45, 2.75) is 26.7 Å². The second-order valence-corrected chi connectivity index (χ2v) is 3.87. The van der Waals surface area contributed by atoms with Crippen molar-refractivity contribution < 1.29 is 0 Å². The quantitative estimate of drug-likeness (QED) is 0.684. The van der Waals surface area contributed by atoms with Gasteiger partial charge in [0, 0.05) is 17.8 Å². The number of hydrogen-bond donors (Lipinski definition) is 0. The molecule has 1 aromatic heterocycles. The third kappa shape index (κ3) is 2.21. The van der Waals surface area contributed by atoms with Crippen LogP contribution in [0.15, 0.2) is 18.3 Å². The number of halogens is 1. The van der Waals surface area contributed by atoms with E-state index in [0.29, 0.717) is 16.9 Å². The van der Waals surface area contributed by atoms with Crippen LogP contribution in [0.1, 0.15) is 32.4 Å². The fraction of sp³-hybridized carbons (Fsp3) is 0.500. The standard InChI is InChI=1S/C10H14ClN/c1-7(2)8(3)10-5-4-9(11)6-12-10/h4-8H,1-3H3. The highest BCUT2D eigenvalue weighted by Gasteiger charge is 2.10. The van der Waals surface area contributed by atoms with E-state index in [1.807, 2.05) is 12.1 Å². The van der Waals surface area contributed by atoms with Crippen LogP contribution in [0.2, 0.25) is 5.02 Å². The Kier molecular flexibility index (Phi) is 3.10. The lowest BCUT2D eigenvalue weighted by Crippen LogP contribution is -2.03. The molecule has 0 aliphatic rings. The Labute approximate surface area is 78.8 Å². The third-order valence-corrected chi connectivity index (χ3v) is 2.44. The van der Waals surface area contributed by atoms with Gasteiger partial charge in [-0.1, -0.05) is 32.4 Å². The summed E-state index contributed by atoms with van der Waals surface area (Å²) in [5, 5.41) is 0.703. The maximum Gasteiger partial charge on any atom is 0.0589 e. The van der Waals surface area contributed by atoms with Crippen molar-refractivity contribution >= 4 is 11.6 Å². The lowest BCUT2D eigenvalue weighted by atomic mass is 9.94. The summed E-state index contributed by atoms with van der Waals surface area (Å²) < 4.78 is 0. The van der Waals surface area contributed by atoms with E-state index in [0.717, 1.165) is 5.69 Å². The van der Waals surface area contributed by atoms with Crippen LogP contribution in [0.25, 0.3) is 0 Å². The Hall–Kier alpha value is -0.560. The van der Waals surface area contributed by atoms with E-state index in [2.05, 4.69) is 25.8 Å². The first kappa shape index (κ1) is 9.53. The van der Waals surface area contributed by atoms with Gasteiger partial charge in [-0.15, -0.1) is 0 Å². The third-order valence-electron chi connectivity index (χ3n) is 2.22. The van der Waals surface area contributed by atoms with Gasteiger partial charge in [-0.3, -0.25) is 4.98 Å². The van der Waals surface area contributed by atoms with Crippen molar-refractivity contribution in [3.63, 3.8) is 0 Å². The first-order valence-corrected chi connectivity index (χ1v) is 4.60. The van der Waals surface area contributed by atoms with Crippen molar-refractivity contribution in [2.24, 2.45) is 5.92 Å². The Morgan fingerprint density at radius 3 is 2.33 bits per heavy atom. The van der Waals surface area contributed by atoms with E-state index in [-0.39, 0.29) is 0 Å². The molecule has 66 valence electrons. The van der Waals surface area contributed by atoms with Crippen molar-refractivity contribution in [1.82, 2.24) is 4.98 Å². The molecule has 2 heteroatoms. The number of pyridine rings is 1. The summed E-state index contributed by atoms with van der Waals surface area (Å²) in [6.07, 6.45) is 1.70. The van der Waals surface area contributed by atoms with Gasteiger partial charge < -0.3 is 0 Å². The van der Waals surface area contributed by atoms with Gasteiger partial charge in [0.25, 0.3) is 0 Å². The van der Waals surface area contributed by atoms with Crippen LogP contribution in [-0.2, 0) is 0 Å². The molecule has 0 amide bonds. The molecule has 0 fully saturated rings. The summed E-state index contributed by atoms with van der Waals surface area (Å²) >= 11 is 5.73. The van der Waals surface area contributed by atoms with Crippen molar-refractivity contribution in [3.05, 3.63) is 29.0 Å². The van der Waals surface area contributed by atoms with Crippen LogP contribution in [0.4, 0.5) is 0 Å². The number of aromatic nitrogens is 1. The maximum absolute atomic E-state index is 5.73. The summed E-state index contributed by atoms with van der Waals surface area (Å²) in [6, 6.07) is 3.88. The summed E-state index contributed by atoms with van der Waals surface area (Å²) in [5.41, 5.74) is 1.12. The molecular weight excluding hydrogens is 170 g/mol. The molecule has 1 unspecified atom stereocenters. The van der Waals surface area contributed by atoms with Gasteiger partial charge in [-0.25, -0.2) is 0 Å². The van der Waals surface area contributed by atoms with Gasteiger partial charge in [0.1, 0.15) is 0 Å². The molecule has 0 bridgehead atoms. The van der Waals surface area contributed by atoms with Gasteiger partial charge >= 0.3 is 0 Å². The van der Waals surface area contributed by atoms with E-state index in [9.17, 15) is 0 Å². The van der Waals surface area contributed by atoms with Crippen LogP contribution in [0, 0.1) is 5.92 Å². The predicted molar refractivity (Wildman–Crippen MR) is 52.5 cm³/mol. The molecule has 1 aromatic rings. The molecule has 0 saturated heterocycles. The lowest BCUT2D eigenvalue weighted by Gasteiger charge is -2.14. The topological polar surface area (TPSA) is 12.9 Å². The molecular formula is C10H14ClN. The maximum atomic E-state index is 5.73. The zero-order valence-corrected chi connectivity index (χ0v) is 8.47. The SMILES string of the molecule is CC(C)C(C)c1ccc(Cl)cn1. The Balaban J connectivity index is 2.82. The summed E-state index contributed by atoms with van der Waals surface area (Å²) in [5.74, 6) is 1.13. The zero-order chi connectivity index (χ0) is 9.14. The molecule has 1 heterocycles. The minimum atomic E-state index is 0.502. The largest absolute Gasteiger partial charge is 0.259 e. The molecule has 0 N–H and O–H groups in total. The van der Waals surface area contributed by atoms with Crippen molar-refractivity contribution in [1.29, 1.82) is 0 Å². The lowest BCUT2D eigenvalue weighted by molar-refractivity contribution is 0.523. The number of nitrogens with zero attached hydrogens (tertiary/aromatic N) is 1. The van der Waals surface area contributed by atoms with Gasteiger partial charge in [0.05, 0.1) is 5.02 Å².